The van der Waals surface area contributed by atoms with E-state index in [-0.39, 0.29) is 0 Å². The van der Waals surface area contributed by atoms with E-state index in [1.165, 1.54) is 63.5 Å². The lowest BCUT2D eigenvalue weighted by Crippen LogP contribution is -2.02. The third kappa shape index (κ3) is 5.53. The maximum Gasteiger partial charge on any atom is 0.0992 e. The molecule has 0 aliphatic carbocycles. The number of benzene rings is 10. The second-order valence-electron chi connectivity index (χ2n) is 17.5. The standard InChI is InChI=1S/C62H35N5S/c63-36-38-22-24-40(25-23-38)41-30-39(37-64)31-42(32-41)45-27-26-44(33-57(45)67-54-19-9-5-15-47(54)51-34-52-48-16-7-11-21-59(48)68-60(52)35-58(51)67)65-55-20-10-6-17-50(55)61-56(65)29-28-49-46-14-4-8-18-53(46)66(62(49)61)43-12-2-1-3-13-43/h1-35H. The van der Waals surface area contributed by atoms with E-state index in [0.717, 1.165) is 61.4 Å². The van der Waals surface area contributed by atoms with E-state index >= 15 is 0 Å². The van der Waals surface area contributed by atoms with E-state index in [9.17, 15) is 10.5 Å². The first-order chi connectivity index (χ1) is 33.6. The Bertz CT molecular complexity index is 4510. The van der Waals surface area contributed by atoms with Gasteiger partial charge in [-0.15, -0.1) is 11.3 Å². The summed E-state index contributed by atoms with van der Waals surface area (Å²) >= 11 is 1.83. The van der Waals surface area contributed by atoms with Crippen LogP contribution in [0.4, 0.5) is 0 Å². The molecule has 0 aliphatic rings. The highest BCUT2D eigenvalue weighted by atomic mass is 32.1. The van der Waals surface area contributed by atoms with Crippen LogP contribution in [-0.4, -0.2) is 13.7 Å². The van der Waals surface area contributed by atoms with Gasteiger partial charge in [0.2, 0.25) is 0 Å². The van der Waals surface area contributed by atoms with E-state index in [0.29, 0.717) is 11.1 Å². The van der Waals surface area contributed by atoms with Crippen molar-refractivity contribution < 1.29 is 0 Å². The quantitative estimate of drug-likeness (QED) is 0.173. The van der Waals surface area contributed by atoms with Crippen molar-refractivity contribution in [2.75, 3.05) is 0 Å². The number of aromatic nitrogens is 3. The van der Waals surface area contributed by atoms with Crippen LogP contribution in [0.15, 0.2) is 212 Å². The SMILES string of the molecule is N#Cc1ccc(-c2cc(C#N)cc(-c3ccc(-n4c5ccccc5c5c4ccc4c6ccccc6n(-c6ccccc6)c45)cc3-n3c4ccccc4c4cc5c(cc43)sc3ccccc35)c2)cc1. The first-order valence-corrected chi connectivity index (χ1v) is 23.5. The minimum atomic E-state index is 0.561. The van der Waals surface area contributed by atoms with Gasteiger partial charge in [0.1, 0.15) is 0 Å². The van der Waals surface area contributed by atoms with E-state index in [1.807, 2.05) is 47.7 Å². The lowest BCUT2D eigenvalue weighted by Gasteiger charge is -2.18. The summed E-state index contributed by atoms with van der Waals surface area (Å²) in [4.78, 5) is 0. The topological polar surface area (TPSA) is 62.4 Å². The number of hydrogen-bond donors (Lipinski definition) is 0. The summed E-state index contributed by atoms with van der Waals surface area (Å²) in [7, 11) is 0. The van der Waals surface area contributed by atoms with E-state index < -0.39 is 0 Å². The molecule has 0 amide bonds. The van der Waals surface area contributed by atoms with Crippen LogP contribution in [0.5, 0.6) is 0 Å². The number of thiophene rings is 1. The molecule has 314 valence electrons. The van der Waals surface area contributed by atoms with Gasteiger partial charge in [0.25, 0.3) is 0 Å². The molecule has 5 nitrogen and oxygen atoms in total. The van der Waals surface area contributed by atoms with E-state index in [4.69, 9.17) is 0 Å². The summed E-state index contributed by atoms with van der Waals surface area (Å²) in [6.07, 6.45) is 0. The van der Waals surface area contributed by atoms with Gasteiger partial charge in [0.05, 0.1) is 62.1 Å². The average molecular weight is 882 g/mol. The number of hydrogen-bond acceptors (Lipinski definition) is 3. The lowest BCUT2D eigenvalue weighted by atomic mass is 9.94. The molecule has 4 heterocycles. The summed E-state index contributed by atoms with van der Waals surface area (Å²) < 4.78 is 9.79. The number of fused-ring (bicyclic) bond motifs is 13. The molecule has 0 N–H and O–H groups in total. The third-order valence-corrected chi connectivity index (χ3v) is 15.0. The fourth-order valence-electron chi connectivity index (χ4n) is 10.9. The second-order valence-corrected chi connectivity index (χ2v) is 18.6. The predicted molar refractivity (Wildman–Crippen MR) is 283 cm³/mol. The van der Waals surface area contributed by atoms with Crippen molar-refractivity contribution in [2.45, 2.75) is 0 Å². The lowest BCUT2D eigenvalue weighted by molar-refractivity contribution is 1.14. The number of nitriles is 2. The maximum absolute atomic E-state index is 10.5. The molecule has 0 bridgehead atoms. The molecule has 14 rings (SSSR count). The Morgan fingerprint density at radius 2 is 0.985 bits per heavy atom. The zero-order valence-electron chi connectivity index (χ0n) is 36.4. The van der Waals surface area contributed by atoms with E-state index in [2.05, 4.69) is 202 Å². The summed E-state index contributed by atoms with van der Waals surface area (Å²) in [6.45, 7) is 0. The minimum Gasteiger partial charge on any atom is -0.309 e. The van der Waals surface area contributed by atoms with Gasteiger partial charge >= 0.3 is 0 Å². The van der Waals surface area contributed by atoms with Gasteiger partial charge in [-0.2, -0.15) is 10.5 Å². The van der Waals surface area contributed by atoms with Gasteiger partial charge in [0, 0.05) is 69.4 Å². The molecule has 4 aromatic heterocycles. The summed E-state index contributed by atoms with van der Waals surface area (Å²) in [5.41, 5.74) is 14.9. The van der Waals surface area contributed by atoms with Crippen molar-refractivity contribution in [1.29, 1.82) is 10.5 Å². The number of para-hydroxylation sites is 4. The van der Waals surface area contributed by atoms with Crippen LogP contribution in [0.25, 0.3) is 125 Å². The Labute approximate surface area is 394 Å². The molecule has 0 aliphatic heterocycles. The van der Waals surface area contributed by atoms with Crippen molar-refractivity contribution in [3.8, 4) is 51.5 Å². The minimum absolute atomic E-state index is 0.561. The number of nitrogens with zero attached hydrogens (tertiary/aromatic N) is 5. The van der Waals surface area contributed by atoms with Gasteiger partial charge in [-0.25, -0.2) is 0 Å². The van der Waals surface area contributed by atoms with Crippen molar-refractivity contribution in [2.24, 2.45) is 0 Å². The summed E-state index contributed by atoms with van der Waals surface area (Å²) in [5, 5.41) is 29.8. The monoisotopic (exact) mass is 881 g/mol. The van der Waals surface area contributed by atoms with Crippen LogP contribution < -0.4 is 0 Å². The van der Waals surface area contributed by atoms with Gasteiger partial charge in [-0.3, -0.25) is 0 Å². The zero-order chi connectivity index (χ0) is 45.0. The normalized spacial score (nSPS) is 11.8. The first-order valence-electron chi connectivity index (χ1n) is 22.7. The Morgan fingerprint density at radius 3 is 1.75 bits per heavy atom. The molecule has 68 heavy (non-hydrogen) atoms. The molecule has 6 heteroatoms. The molecule has 0 spiro atoms. The van der Waals surface area contributed by atoms with Crippen LogP contribution in [0, 0.1) is 22.7 Å². The van der Waals surface area contributed by atoms with Crippen molar-refractivity contribution in [3.63, 3.8) is 0 Å². The molecule has 0 radical (unpaired) electrons. The molecular weight excluding hydrogens is 847 g/mol. The largest absolute Gasteiger partial charge is 0.309 e. The molecule has 14 aromatic rings. The van der Waals surface area contributed by atoms with Crippen molar-refractivity contribution in [3.05, 3.63) is 223 Å². The first kappa shape index (κ1) is 38.1. The van der Waals surface area contributed by atoms with Gasteiger partial charge < -0.3 is 13.7 Å². The second kappa shape index (κ2) is 14.7. The number of rotatable bonds is 5. The molecule has 0 unspecified atom stereocenters. The van der Waals surface area contributed by atoms with Crippen LogP contribution in [-0.2, 0) is 0 Å². The molecule has 0 atom stereocenters. The van der Waals surface area contributed by atoms with Crippen LogP contribution in [0.2, 0.25) is 0 Å². The Balaban J connectivity index is 1.10. The van der Waals surface area contributed by atoms with Crippen molar-refractivity contribution in [1.82, 2.24) is 13.7 Å². The van der Waals surface area contributed by atoms with E-state index in [1.54, 1.807) is 0 Å². The van der Waals surface area contributed by atoms with Crippen LogP contribution in [0.3, 0.4) is 0 Å². The third-order valence-electron chi connectivity index (χ3n) is 13.9. The summed E-state index contributed by atoms with van der Waals surface area (Å²) in [5.74, 6) is 0. The molecular formula is C62H35N5S. The molecule has 0 saturated carbocycles. The smallest absolute Gasteiger partial charge is 0.0992 e. The van der Waals surface area contributed by atoms with Crippen LogP contribution in [0.1, 0.15) is 11.1 Å². The highest BCUT2D eigenvalue weighted by Crippen LogP contribution is 2.46. The average Bonchev–Trinajstić information content (AvgIpc) is 4.14. The Hall–Kier alpha value is -9.20. The highest BCUT2D eigenvalue weighted by Gasteiger charge is 2.24. The molecule has 0 saturated heterocycles. The molecule has 10 aromatic carbocycles. The highest BCUT2D eigenvalue weighted by molar-refractivity contribution is 7.25. The predicted octanol–water partition coefficient (Wildman–Crippen LogP) is 16.4. The van der Waals surface area contributed by atoms with Crippen molar-refractivity contribution >= 4 is 96.9 Å². The van der Waals surface area contributed by atoms with Gasteiger partial charge in [-0.1, -0.05) is 115 Å². The van der Waals surface area contributed by atoms with Gasteiger partial charge in [-0.05, 0) is 114 Å². The Kier molecular flexibility index (Phi) is 8.21. The van der Waals surface area contributed by atoms with Crippen LogP contribution >= 0.6 is 11.3 Å². The zero-order valence-corrected chi connectivity index (χ0v) is 37.2. The molecule has 0 fully saturated rings. The van der Waals surface area contributed by atoms with Gasteiger partial charge in [0.15, 0.2) is 0 Å². The summed E-state index contributed by atoms with van der Waals surface area (Å²) in [6, 6.07) is 80.2. The fourth-order valence-corrected chi connectivity index (χ4v) is 12.0. The fraction of sp³-hybridized carbons (Fsp3) is 0. The Morgan fingerprint density at radius 1 is 0.338 bits per heavy atom. The maximum atomic E-state index is 10.5.